The third kappa shape index (κ3) is 2.72. The van der Waals surface area contributed by atoms with Crippen molar-refractivity contribution in [2.75, 3.05) is 0 Å². The molecule has 0 aromatic heterocycles. The van der Waals surface area contributed by atoms with Gasteiger partial charge in [-0.05, 0) is 37.6 Å². The summed E-state index contributed by atoms with van der Waals surface area (Å²) in [5.74, 6) is 0. The van der Waals surface area contributed by atoms with Gasteiger partial charge in [0.2, 0.25) is 0 Å². The van der Waals surface area contributed by atoms with Crippen molar-refractivity contribution >= 4 is 27.5 Å². The van der Waals surface area contributed by atoms with Gasteiger partial charge in [0.1, 0.15) is 0 Å². The monoisotopic (exact) mass is 287 g/mol. The normalized spacial score (nSPS) is 13.3. The van der Waals surface area contributed by atoms with Crippen LogP contribution in [0.1, 0.15) is 25.5 Å². The smallest absolute Gasteiger partial charge is 0.0982 e. The molecule has 0 amide bonds. The number of aliphatic hydroxyl groups is 1. The first kappa shape index (κ1) is 12.5. The molecule has 80 valence electrons. The standard InChI is InChI=1S/C11H11BrClNO/c1-11(2,6-14)10(15)8-5-7(13)3-4-9(8)12/h3-5,10,15H,1-2H3. The molecule has 0 aliphatic heterocycles. The Bertz CT molecular complexity index is 412. The maximum absolute atomic E-state index is 10.0. The van der Waals surface area contributed by atoms with Crippen LogP contribution in [0.4, 0.5) is 0 Å². The average Bonchev–Trinajstić information content (AvgIpc) is 2.20. The van der Waals surface area contributed by atoms with Gasteiger partial charge in [0.15, 0.2) is 0 Å². The molecule has 1 aromatic carbocycles. The molecule has 1 atom stereocenters. The highest BCUT2D eigenvalue weighted by Crippen LogP contribution is 2.37. The fourth-order valence-electron chi connectivity index (χ4n) is 1.17. The maximum atomic E-state index is 10.0. The van der Waals surface area contributed by atoms with Crippen LogP contribution in [0.15, 0.2) is 22.7 Å². The van der Waals surface area contributed by atoms with Gasteiger partial charge in [-0.2, -0.15) is 5.26 Å². The predicted molar refractivity (Wildman–Crippen MR) is 63.5 cm³/mol. The molecule has 0 aliphatic rings. The zero-order valence-electron chi connectivity index (χ0n) is 8.46. The van der Waals surface area contributed by atoms with Gasteiger partial charge in [0.05, 0.1) is 17.6 Å². The Kier molecular flexibility index (Phi) is 3.77. The highest BCUT2D eigenvalue weighted by Gasteiger charge is 2.30. The first-order valence-corrected chi connectivity index (χ1v) is 5.60. The number of hydrogen-bond acceptors (Lipinski definition) is 2. The largest absolute Gasteiger partial charge is 0.387 e. The molecule has 0 heterocycles. The van der Waals surface area contributed by atoms with E-state index in [-0.39, 0.29) is 0 Å². The van der Waals surface area contributed by atoms with Crippen LogP contribution < -0.4 is 0 Å². The van der Waals surface area contributed by atoms with Gasteiger partial charge in [-0.15, -0.1) is 0 Å². The van der Waals surface area contributed by atoms with Gasteiger partial charge < -0.3 is 5.11 Å². The van der Waals surface area contributed by atoms with Crippen LogP contribution in [0.2, 0.25) is 5.02 Å². The minimum Gasteiger partial charge on any atom is -0.387 e. The van der Waals surface area contributed by atoms with E-state index in [4.69, 9.17) is 16.9 Å². The minimum absolute atomic E-state index is 0.543. The summed E-state index contributed by atoms with van der Waals surface area (Å²) in [7, 11) is 0. The molecule has 15 heavy (non-hydrogen) atoms. The molecule has 2 nitrogen and oxygen atoms in total. The van der Waals surface area contributed by atoms with Crippen LogP contribution >= 0.6 is 27.5 Å². The van der Waals surface area contributed by atoms with E-state index in [1.54, 1.807) is 32.0 Å². The summed E-state index contributed by atoms with van der Waals surface area (Å²) in [4.78, 5) is 0. The maximum Gasteiger partial charge on any atom is 0.0982 e. The Hall–Kier alpha value is -0.560. The third-order valence-electron chi connectivity index (χ3n) is 2.22. The number of aliphatic hydroxyl groups excluding tert-OH is 1. The molecule has 0 aliphatic carbocycles. The van der Waals surface area contributed by atoms with E-state index < -0.39 is 11.5 Å². The van der Waals surface area contributed by atoms with E-state index in [0.717, 1.165) is 4.47 Å². The molecule has 0 fully saturated rings. The lowest BCUT2D eigenvalue weighted by atomic mass is 9.84. The summed E-state index contributed by atoms with van der Waals surface area (Å²) in [5, 5.41) is 19.5. The van der Waals surface area contributed by atoms with E-state index in [1.165, 1.54) is 0 Å². The molecular formula is C11H11BrClNO. The highest BCUT2D eigenvalue weighted by atomic mass is 79.9. The van der Waals surface area contributed by atoms with Crippen molar-refractivity contribution < 1.29 is 5.11 Å². The molecule has 4 heteroatoms. The number of halogens is 2. The van der Waals surface area contributed by atoms with Crippen LogP contribution in [0.5, 0.6) is 0 Å². The second kappa shape index (κ2) is 4.52. The second-order valence-electron chi connectivity index (χ2n) is 3.90. The molecule has 0 bridgehead atoms. The molecule has 1 unspecified atom stereocenters. The van der Waals surface area contributed by atoms with Crippen molar-refractivity contribution in [3.05, 3.63) is 33.3 Å². The summed E-state index contributed by atoms with van der Waals surface area (Å²) in [6, 6.07) is 7.22. The van der Waals surface area contributed by atoms with E-state index in [2.05, 4.69) is 22.0 Å². The molecule has 1 aromatic rings. The van der Waals surface area contributed by atoms with Gasteiger partial charge in [-0.25, -0.2) is 0 Å². The van der Waals surface area contributed by atoms with Crippen molar-refractivity contribution in [1.29, 1.82) is 5.26 Å². The van der Waals surface area contributed by atoms with E-state index in [9.17, 15) is 5.11 Å². The summed E-state index contributed by atoms with van der Waals surface area (Å²) < 4.78 is 0.753. The van der Waals surface area contributed by atoms with Crippen LogP contribution in [0.25, 0.3) is 0 Å². The van der Waals surface area contributed by atoms with E-state index >= 15 is 0 Å². The van der Waals surface area contributed by atoms with Crippen molar-refractivity contribution in [2.24, 2.45) is 5.41 Å². The molecule has 0 saturated carbocycles. The van der Waals surface area contributed by atoms with Crippen LogP contribution in [-0.4, -0.2) is 5.11 Å². The second-order valence-corrected chi connectivity index (χ2v) is 5.19. The summed E-state index contributed by atoms with van der Waals surface area (Å²) in [5.41, 5.74) is -0.207. The molecule has 0 saturated heterocycles. The fourth-order valence-corrected chi connectivity index (χ4v) is 1.82. The number of nitrogens with zero attached hydrogens (tertiary/aromatic N) is 1. The van der Waals surface area contributed by atoms with Crippen LogP contribution in [0.3, 0.4) is 0 Å². The molecule has 0 radical (unpaired) electrons. The number of rotatable bonds is 2. The Morgan fingerprint density at radius 2 is 2.13 bits per heavy atom. The van der Waals surface area contributed by atoms with Gasteiger partial charge in [-0.1, -0.05) is 27.5 Å². The zero-order chi connectivity index (χ0) is 11.6. The van der Waals surface area contributed by atoms with Crippen LogP contribution in [0, 0.1) is 16.7 Å². The van der Waals surface area contributed by atoms with Crippen molar-refractivity contribution in [1.82, 2.24) is 0 Å². The average molecular weight is 289 g/mol. The Morgan fingerprint density at radius 3 is 2.67 bits per heavy atom. The third-order valence-corrected chi connectivity index (χ3v) is 3.18. The van der Waals surface area contributed by atoms with Gasteiger partial charge >= 0.3 is 0 Å². The SMILES string of the molecule is CC(C)(C#N)C(O)c1cc(Cl)ccc1Br. The van der Waals surface area contributed by atoms with Crippen molar-refractivity contribution in [3.63, 3.8) is 0 Å². The molecule has 1 rings (SSSR count). The highest BCUT2D eigenvalue weighted by molar-refractivity contribution is 9.10. The fraction of sp³-hybridized carbons (Fsp3) is 0.364. The van der Waals surface area contributed by atoms with Gasteiger partial charge in [0.25, 0.3) is 0 Å². The molecule has 1 N–H and O–H groups in total. The Morgan fingerprint density at radius 1 is 1.53 bits per heavy atom. The summed E-state index contributed by atoms with van der Waals surface area (Å²) in [6.07, 6.45) is -0.865. The lowest BCUT2D eigenvalue weighted by molar-refractivity contribution is 0.0861. The summed E-state index contributed by atoms with van der Waals surface area (Å²) >= 11 is 9.16. The Balaban J connectivity index is 3.17. The Labute approximate surface area is 103 Å². The van der Waals surface area contributed by atoms with E-state index in [1.807, 2.05) is 0 Å². The summed E-state index contributed by atoms with van der Waals surface area (Å²) in [6.45, 7) is 3.37. The first-order chi connectivity index (χ1) is 6.88. The first-order valence-electron chi connectivity index (χ1n) is 4.43. The van der Waals surface area contributed by atoms with Crippen molar-refractivity contribution in [3.8, 4) is 6.07 Å². The zero-order valence-corrected chi connectivity index (χ0v) is 10.8. The minimum atomic E-state index is -0.865. The number of hydrogen-bond donors (Lipinski definition) is 1. The lowest BCUT2D eigenvalue weighted by Gasteiger charge is -2.24. The quantitative estimate of drug-likeness (QED) is 0.902. The predicted octanol–water partition coefficient (Wildman–Crippen LogP) is 3.69. The number of benzene rings is 1. The topological polar surface area (TPSA) is 44.0 Å². The molecular weight excluding hydrogens is 277 g/mol. The van der Waals surface area contributed by atoms with Gasteiger partial charge in [-0.3, -0.25) is 0 Å². The van der Waals surface area contributed by atoms with E-state index in [0.29, 0.717) is 10.6 Å². The number of nitriles is 1. The molecule has 0 spiro atoms. The lowest BCUT2D eigenvalue weighted by Crippen LogP contribution is -2.20. The van der Waals surface area contributed by atoms with Crippen molar-refractivity contribution in [2.45, 2.75) is 20.0 Å². The van der Waals surface area contributed by atoms with Crippen LogP contribution in [-0.2, 0) is 0 Å². The van der Waals surface area contributed by atoms with Gasteiger partial charge in [0, 0.05) is 9.50 Å².